The van der Waals surface area contributed by atoms with Crippen LogP contribution in [0.3, 0.4) is 0 Å². The summed E-state index contributed by atoms with van der Waals surface area (Å²) in [5, 5.41) is 5.85. The summed E-state index contributed by atoms with van der Waals surface area (Å²) in [5.74, 6) is 0.684. The van der Waals surface area contributed by atoms with Crippen molar-refractivity contribution in [3.63, 3.8) is 0 Å². The van der Waals surface area contributed by atoms with Crippen LogP contribution in [0.25, 0.3) is 20.8 Å². The minimum Gasteiger partial charge on any atom is -0.309 e. The van der Waals surface area contributed by atoms with E-state index in [0.29, 0.717) is 17.8 Å². The molecule has 0 fully saturated rings. The first-order valence-electron chi connectivity index (χ1n) is 8.41. The molecule has 26 heavy (non-hydrogen) atoms. The maximum Gasteiger partial charge on any atom is 0.258 e. The second-order valence-electron chi connectivity index (χ2n) is 5.95. The standard InChI is InChI=1S/C19H18N4OS2/c1-2-23(10-13-12-26-19(20-13)16-8-5-9-25-16)11-17-21-15-7-4-3-6-14(15)18(24)22-17/h3-9,12H,2,10-11H2,1H3,(H,21,22,24). The quantitative estimate of drug-likeness (QED) is 0.545. The molecule has 0 saturated carbocycles. The van der Waals surface area contributed by atoms with Crippen molar-refractivity contribution in [1.29, 1.82) is 0 Å². The Morgan fingerprint density at radius 1 is 1.08 bits per heavy atom. The minimum absolute atomic E-state index is 0.0877. The van der Waals surface area contributed by atoms with E-state index >= 15 is 0 Å². The van der Waals surface area contributed by atoms with E-state index in [2.05, 4.69) is 38.6 Å². The SMILES string of the molecule is CCN(Cc1csc(-c2cccs2)n1)Cc1nc2ccccc2c(=O)[nH]1. The van der Waals surface area contributed by atoms with Crippen LogP contribution in [0.1, 0.15) is 18.4 Å². The number of fused-ring (bicyclic) bond motifs is 1. The van der Waals surface area contributed by atoms with E-state index in [1.54, 1.807) is 28.7 Å². The molecule has 0 unspecified atom stereocenters. The molecule has 3 aromatic heterocycles. The number of para-hydroxylation sites is 1. The zero-order valence-corrected chi connectivity index (χ0v) is 15.9. The van der Waals surface area contributed by atoms with E-state index in [-0.39, 0.29) is 5.56 Å². The lowest BCUT2D eigenvalue weighted by molar-refractivity contribution is 0.262. The number of benzene rings is 1. The molecule has 0 aliphatic heterocycles. The summed E-state index contributed by atoms with van der Waals surface area (Å²) in [6, 6.07) is 11.6. The van der Waals surface area contributed by atoms with Gasteiger partial charge in [0.1, 0.15) is 10.8 Å². The van der Waals surface area contributed by atoms with Crippen molar-refractivity contribution in [3.05, 3.63) is 69.0 Å². The smallest absolute Gasteiger partial charge is 0.258 e. The van der Waals surface area contributed by atoms with Gasteiger partial charge in [0.15, 0.2) is 0 Å². The Hall–Kier alpha value is -2.35. The first kappa shape index (κ1) is 17.1. The molecule has 0 saturated heterocycles. The van der Waals surface area contributed by atoms with Gasteiger partial charge in [-0.1, -0.05) is 25.1 Å². The van der Waals surface area contributed by atoms with Crippen molar-refractivity contribution in [2.24, 2.45) is 0 Å². The summed E-state index contributed by atoms with van der Waals surface area (Å²) < 4.78 is 0. The maximum absolute atomic E-state index is 12.2. The normalized spacial score (nSPS) is 11.5. The van der Waals surface area contributed by atoms with Crippen LogP contribution in [0.5, 0.6) is 0 Å². The molecule has 0 atom stereocenters. The van der Waals surface area contributed by atoms with E-state index in [9.17, 15) is 4.79 Å². The topological polar surface area (TPSA) is 61.9 Å². The molecule has 0 aliphatic carbocycles. The zero-order chi connectivity index (χ0) is 17.9. The second kappa shape index (κ2) is 7.49. The Morgan fingerprint density at radius 2 is 1.96 bits per heavy atom. The predicted octanol–water partition coefficient (Wildman–Crippen LogP) is 4.13. The lowest BCUT2D eigenvalue weighted by Gasteiger charge is -2.18. The molecule has 0 radical (unpaired) electrons. The minimum atomic E-state index is -0.0877. The van der Waals surface area contributed by atoms with Gasteiger partial charge in [0.05, 0.1) is 28.0 Å². The van der Waals surface area contributed by atoms with Gasteiger partial charge in [0.2, 0.25) is 0 Å². The van der Waals surface area contributed by atoms with E-state index in [1.807, 2.05) is 24.3 Å². The van der Waals surface area contributed by atoms with Gasteiger partial charge in [0.25, 0.3) is 5.56 Å². The average Bonchev–Trinajstić information content (AvgIpc) is 3.33. The number of aromatic nitrogens is 3. The van der Waals surface area contributed by atoms with Crippen LogP contribution in [0, 0.1) is 0 Å². The molecule has 1 aromatic carbocycles. The Morgan fingerprint density at radius 3 is 2.77 bits per heavy atom. The van der Waals surface area contributed by atoms with Crippen LogP contribution in [0.15, 0.2) is 52.0 Å². The number of hydrogen-bond donors (Lipinski definition) is 1. The van der Waals surface area contributed by atoms with Gasteiger partial charge in [-0.05, 0) is 30.1 Å². The Kier molecular flexibility index (Phi) is 4.92. The molecule has 5 nitrogen and oxygen atoms in total. The van der Waals surface area contributed by atoms with E-state index in [0.717, 1.165) is 29.3 Å². The third-order valence-corrected chi connectivity index (χ3v) is 6.08. The number of thiazole rings is 1. The number of aromatic amines is 1. The van der Waals surface area contributed by atoms with Gasteiger partial charge in [-0.2, -0.15) is 0 Å². The van der Waals surface area contributed by atoms with E-state index in [4.69, 9.17) is 4.98 Å². The molecule has 3 heterocycles. The molecular weight excluding hydrogens is 364 g/mol. The van der Waals surface area contributed by atoms with Crippen molar-refractivity contribution in [3.8, 4) is 9.88 Å². The molecule has 7 heteroatoms. The van der Waals surface area contributed by atoms with Crippen molar-refractivity contribution >= 4 is 33.6 Å². The average molecular weight is 383 g/mol. The van der Waals surface area contributed by atoms with Crippen LogP contribution < -0.4 is 5.56 Å². The molecule has 0 spiro atoms. The van der Waals surface area contributed by atoms with Gasteiger partial charge in [-0.15, -0.1) is 22.7 Å². The third kappa shape index (κ3) is 3.60. The van der Waals surface area contributed by atoms with Crippen LogP contribution in [0.2, 0.25) is 0 Å². The van der Waals surface area contributed by atoms with Crippen molar-refractivity contribution in [2.45, 2.75) is 20.0 Å². The van der Waals surface area contributed by atoms with Crippen LogP contribution >= 0.6 is 22.7 Å². The Balaban J connectivity index is 1.52. The monoisotopic (exact) mass is 382 g/mol. The largest absolute Gasteiger partial charge is 0.309 e. The summed E-state index contributed by atoms with van der Waals surface area (Å²) in [7, 11) is 0. The molecule has 1 N–H and O–H groups in total. The summed E-state index contributed by atoms with van der Waals surface area (Å²) in [5.41, 5.74) is 1.69. The van der Waals surface area contributed by atoms with Crippen molar-refractivity contribution in [1.82, 2.24) is 19.9 Å². The second-order valence-corrected chi connectivity index (χ2v) is 7.76. The lowest BCUT2D eigenvalue weighted by atomic mass is 10.2. The van der Waals surface area contributed by atoms with Crippen molar-refractivity contribution < 1.29 is 0 Å². The molecule has 0 bridgehead atoms. The first-order valence-corrected chi connectivity index (χ1v) is 10.2. The van der Waals surface area contributed by atoms with Crippen LogP contribution in [-0.4, -0.2) is 26.4 Å². The predicted molar refractivity (Wildman–Crippen MR) is 108 cm³/mol. The highest BCUT2D eigenvalue weighted by atomic mass is 32.1. The van der Waals surface area contributed by atoms with Gasteiger partial charge < -0.3 is 4.98 Å². The van der Waals surface area contributed by atoms with Crippen LogP contribution in [-0.2, 0) is 13.1 Å². The lowest BCUT2D eigenvalue weighted by Crippen LogP contribution is -2.25. The number of H-pyrrole nitrogens is 1. The fourth-order valence-electron chi connectivity index (χ4n) is 2.82. The molecule has 4 rings (SSSR count). The van der Waals surface area contributed by atoms with Gasteiger partial charge >= 0.3 is 0 Å². The highest BCUT2D eigenvalue weighted by Gasteiger charge is 2.12. The summed E-state index contributed by atoms with van der Waals surface area (Å²) in [6.45, 7) is 4.27. The van der Waals surface area contributed by atoms with Gasteiger partial charge in [-0.25, -0.2) is 9.97 Å². The van der Waals surface area contributed by atoms with E-state index < -0.39 is 0 Å². The number of rotatable bonds is 6. The summed E-state index contributed by atoms with van der Waals surface area (Å²) in [6.07, 6.45) is 0. The number of nitrogens with one attached hydrogen (secondary N) is 1. The fraction of sp³-hybridized carbons (Fsp3) is 0.211. The first-order chi connectivity index (χ1) is 12.7. The van der Waals surface area contributed by atoms with E-state index in [1.165, 1.54) is 4.88 Å². The molecule has 132 valence electrons. The molecule has 0 aliphatic rings. The van der Waals surface area contributed by atoms with Gasteiger partial charge in [0, 0.05) is 11.9 Å². The number of nitrogens with zero attached hydrogens (tertiary/aromatic N) is 3. The highest BCUT2D eigenvalue weighted by molar-refractivity contribution is 7.20. The summed E-state index contributed by atoms with van der Waals surface area (Å²) >= 11 is 3.37. The Bertz CT molecular complexity index is 1070. The van der Waals surface area contributed by atoms with Crippen molar-refractivity contribution in [2.75, 3.05) is 6.54 Å². The highest BCUT2D eigenvalue weighted by Crippen LogP contribution is 2.28. The number of thiophene rings is 1. The Labute approximate surface area is 159 Å². The molecule has 0 amide bonds. The third-order valence-electron chi connectivity index (χ3n) is 4.15. The molecular formula is C19H18N4OS2. The molecule has 4 aromatic rings. The number of hydrogen-bond acceptors (Lipinski definition) is 6. The fourth-order valence-corrected chi connectivity index (χ4v) is 4.45. The van der Waals surface area contributed by atoms with Crippen LogP contribution in [0.4, 0.5) is 0 Å². The zero-order valence-electron chi connectivity index (χ0n) is 14.3. The summed E-state index contributed by atoms with van der Waals surface area (Å²) in [4.78, 5) is 27.9. The maximum atomic E-state index is 12.2. The van der Waals surface area contributed by atoms with Gasteiger partial charge in [-0.3, -0.25) is 9.69 Å².